The van der Waals surface area contributed by atoms with Crippen LogP contribution in [-0.2, 0) is 19.5 Å². The van der Waals surface area contributed by atoms with E-state index in [-0.39, 0.29) is 11.4 Å². The third kappa shape index (κ3) is 5.14. The summed E-state index contributed by atoms with van der Waals surface area (Å²) in [6.45, 7) is 1.19. The van der Waals surface area contributed by atoms with E-state index in [1.165, 1.54) is 23.5 Å². The van der Waals surface area contributed by atoms with Gasteiger partial charge in [-0.3, -0.25) is 4.79 Å². The molecule has 0 atom stereocenters. The van der Waals surface area contributed by atoms with Crippen molar-refractivity contribution < 1.29 is 4.39 Å². The van der Waals surface area contributed by atoms with E-state index in [2.05, 4.69) is 15.5 Å². The van der Waals surface area contributed by atoms with Crippen LogP contribution in [0.5, 0.6) is 0 Å². The van der Waals surface area contributed by atoms with Gasteiger partial charge in [-0.05, 0) is 34.9 Å². The molecule has 2 aromatic carbocycles. The minimum Gasteiger partial charge on any atom is -0.356 e. The number of nitrogens with one attached hydrogen (secondary N) is 1. The summed E-state index contributed by atoms with van der Waals surface area (Å²) in [5.74, 6) is -0.241. The topological polar surface area (TPSA) is 59.8 Å². The van der Waals surface area contributed by atoms with Gasteiger partial charge in [-0.1, -0.05) is 53.8 Å². The SMILES string of the molecule is O=c1ccccn1Cc1ccc(CNc2nnc(Cc3ccc(F)cc3)s2)cc1. The Bertz CT molecular complexity index is 1140. The highest BCUT2D eigenvalue weighted by Gasteiger charge is 2.06. The molecule has 0 spiro atoms. The van der Waals surface area contributed by atoms with Crippen LogP contribution in [0.3, 0.4) is 0 Å². The van der Waals surface area contributed by atoms with Crippen LogP contribution in [0.2, 0.25) is 0 Å². The first-order valence-corrected chi connectivity index (χ1v) is 10.0. The Morgan fingerprint density at radius 3 is 2.38 bits per heavy atom. The molecule has 0 saturated heterocycles. The van der Waals surface area contributed by atoms with Gasteiger partial charge in [0, 0.05) is 25.2 Å². The van der Waals surface area contributed by atoms with Crippen molar-refractivity contribution in [3.8, 4) is 0 Å². The van der Waals surface area contributed by atoms with E-state index in [0.717, 1.165) is 26.8 Å². The average molecular weight is 406 g/mol. The molecule has 0 unspecified atom stereocenters. The Hall–Kier alpha value is -3.32. The number of aromatic nitrogens is 3. The molecule has 1 N–H and O–H groups in total. The molecule has 29 heavy (non-hydrogen) atoms. The van der Waals surface area contributed by atoms with E-state index in [1.807, 2.05) is 30.3 Å². The summed E-state index contributed by atoms with van der Waals surface area (Å²) in [6, 6.07) is 19.7. The maximum atomic E-state index is 13.0. The molecule has 0 amide bonds. The number of anilines is 1. The molecule has 0 aliphatic rings. The summed E-state index contributed by atoms with van der Waals surface area (Å²) in [5.41, 5.74) is 3.18. The van der Waals surface area contributed by atoms with E-state index in [9.17, 15) is 9.18 Å². The van der Waals surface area contributed by atoms with Crippen LogP contribution in [-0.4, -0.2) is 14.8 Å². The third-order valence-electron chi connectivity index (χ3n) is 4.45. The first-order chi connectivity index (χ1) is 14.2. The van der Waals surface area contributed by atoms with Gasteiger partial charge < -0.3 is 9.88 Å². The predicted octanol–water partition coefficient (Wildman–Crippen LogP) is 4.09. The fourth-order valence-electron chi connectivity index (χ4n) is 2.90. The number of rotatable bonds is 7. The second kappa shape index (κ2) is 8.79. The van der Waals surface area contributed by atoms with Crippen LogP contribution >= 0.6 is 11.3 Å². The van der Waals surface area contributed by atoms with E-state index in [0.29, 0.717) is 19.5 Å². The van der Waals surface area contributed by atoms with Crippen molar-refractivity contribution in [1.82, 2.24) is 14.8 Å². The van der Waals surface area contributed by atoms with Crippen LogP contribution in [0.4, 0.5) is 9.52 Å². The Labute approximate surface area is 171 Å². The molecule has 2 aromatic heterocycles. The smallest absolute Gasteiger partial charge is 0.250 e. The van der Waals surface area contributed by atoms with Crippen LogP contribution in [0.25, 0.3) is 0 Å². The van der Waals surface area contributed by atoms with E-state index < -0.39 is 0 Å². The van der Waals surface area contributed by atoms with Crippen molar-refractivity contribution in [2.45, 2.75) is 19.5 Å². The second-order valence-electron chi connectivity index (χ2n) is 6.64. The first kappa shape index (κ1) is 19.0. The lowest BCUT2D eigenvalue weighted by Gasteiger charge is -2.07. The Balaban J connectivity index is 1.32. The maximum absolute atomic E-state index is 13.0. The van der Waals surface area contributed by atoms with Gasteiger partial charge in [0.05, 0.1) is 6.54 Å². The second-order valence-corrected chi connectivity index (χ2v) is 7.70. The van der Waals surface area contributed by atoms with Gasteiger partial charge in [-0.15, -0.1) is 10.2 Å². The molecule has 0 aliphatic heterocycles. The molecule has 2 heterocycles. The van der Waals surface area contributed by atoms with Gasteiger partial charge in [0.1, 0.15) is 10.8 Å². The number of benzene rings is 2. The normalized spacial score (nSPS) is 10.8. The van der Waals surface area contributed by atoms with Crippen LogP contribution in [0.15, 0.2) is 77.7 Å². The maximum Gasteiger partial charge on any atom is 0.250 e. The van der Waals surface area contributed by atoms with Crippen molar-refractivity contribution in [2.24, 2.45) is 0 Å². The van der Waals surface area contributed by atoms with Crippen LogP contribution in [0, 0.1) is 5.82 Å². The van der Waals surface area contributed by atoms with Crippen molar-refractivity contribution in [3.05, 3.63) is 111 Å². The number of pyridine rings is 1. The number of halogens is 1. The number of hydrogen-bond donors (Lipinski definition) is 1. The molecule has 146 valence electrons. The van der Waals surface area contributed by atoms with Crippen molar-refractivity contribution in [2.75, 3.05) is 5.32 Å². The fraction of sp³-hybridized carbons (Fsp3) is 0.136. The highest BCUT2D eigenvalue weighted by molar-refractivity contribution is 7.15. The standard InChI is InChI=1S/C22H19FN4OS/c23-19-10-8-16(9-11-19)13-20-25-26-22(29-20)24-14-17-4-6-18(7-5-17)15-27-12-2-1-3-21(27)28/h1-12H,13-15H2,(H,24,26). The molecule has 0 bridgehead atoms. The molecule has 0 aliphatic carbocycles. The van der Waals surface area contributed by atoms with Gasteiger partial charge in [0.25, 0.3) is 5.56 Å². The molecule has 5 nitrogen and oxygen atoms in total. The molecular weight excluding hydrogens is 387 g/mol. The lowest BCUT2D eigenvalue weighted by molar-refractivity contribution is 0.627. The molecule has 4 aromatic rings. The van der Waals surface area contributed by atoms with Gasteiger partial charge in [0.2, 0.25) is 5.13 Å². The minimum atomic E-state index is -0.241. The van der Waals surface area contributed by atoms with Crippen molar-refractivity contribution >= 4 is 16.5 Å². The minimum absolute atomic E-state index is 0.00838. The number of hydrogen-bond acceptors (Lipinski definition) is 5. The average Bonchev–Trinajstić information content (AvgIpc) is 3.18. The molecular formula is C22H19FN4OS. The quantitative estimate of drug-likeness (QED) is 0.502. The number of nitrogens with zero attached hydrogens (tertiary/aromatic N) is 3. The predicted molar refractivity (Wildman–Crippen MR) is 113 cm³/mol. The zero-order valence-corrected chi connectivity index (χ0v) is 16.4. The Morgan fingerprint density at radius 1 is 0.897 bits per heavy atom. The molecule has 4 rings (SSSR count). The zero-order valence-electron chi connectivity index (χ0n) is 15.6. The van der Waals surface area contributed by atoms with Gasteiger partial charge in [0.15, 0.2) is 0 Å². The fourth-order valence-corrected chi connectivity index (χ4v) is 3.67. The third-order valence-corrected chi connectivity index (χ3v) is 5.34. The molecule has 0 radical (unpaired) electrons. The van der Waals surface area contributed by atoms with Crippen molar-refractivity contribution in [1.29, 1.82) is 0 Å². The highest BCUT2D eigenvalue weighted by Crippen LogP contribution is 2.19. The molecule has 7 heteroatoms. The van der Waals surface area contributed by atoms with E-state index in [1.54, 1.807) is 35.0 Å². The lowest BCUT2D eigenvalue weighted by atomic mass is 10.1. The lowest BCUT2D eigenvalue weighted by Crippen LogP contribution is -2.18. The van der Waals surface area contributed by atoms with Crippen LogP contribution < -0.4 is 10.9 Å². The zero-order chi connectivity index (χ0) is 20.1. The van der Waals surface area contributed by atoms with Gasteiger partial charge in [-0.25, -0.2) is 4.39 Å². The summed E-state index contributed by atoms with van der Waals surface area (Å²) in [5, 5.41) is 13.3. The summed E-state index contributed by atoms with van der Waals surface area (Å²) in [4.78, 5) is 11.8. The summed E-state index contributed by atoms with van der Waals surface area (Å²) < 4.78 is 14.7. The highest BCUT2D eigenvalue weighted by atomic mass is 32.1. The Morgan fingerprint density at radius 2 is 1.62 bits per heavy atom. The summed E-state index contributed by atoms with van der Waals surface area (Å²) in [7, 11) is 0. The molecule has 0 fully saturated rings. The van der Waals surface area contributed by atoms with Crippen LogP contribution in [0.1, 0.15) is 21.7 Å². The van der Waals surface area contributed by atoms with Crippen molar-refractivity contribution in [3.63, 3.8) is 0 Å². The van der Waals surface area contributed by atoms with E-state index in [4.69, 9.17) is 0 Å². The summed E-state index contributed by atoms with van der Waals surface area (Å²) in [6.07, 6.45) is 2.42. The largest absolute Gasteiger partial charge is 0.356 e. The first-order valence-electron chi connectivity index (χ1n) is 9.20. The van der Waals surface area contributed by atoms with Gasteiger partial charge >= 0.3 is 0 Å². The summed E-state index contributed by atoms with van der Waals surface area (Å²) >= 11 is 1.49. The van der Waals surface area contributed by atoms with E-state index >= 15 is 0 Å². The Kier molecular flexibility index (Phi) is 5.76. The monoisotopic (exact) mass is 406 g/mol. The molecule has 0 saturated carbocycles. The van der Waals surface area contributed by atoms with Gasteiger partial charge in [-0.2, -0.15) is 0 Å².